The second kappa shape index (κ2) is 9.22. The average Bonchev–Trinajstić information content (AvgIpc) is 2.42. The molecule has 0 saturated heterocycles. The lowest BCUT2D eigenvalue weighted by Gasteiger charge is -2.09. The highest BCUT2D eigenvalue weighted by Gasteiger charge is 2.04. The van der Waals surface area contributed by atoms with Crippen LogP contribution in [0.2, 0.25) is 0 Å². The zero-order chi connectivity index (χ0) is 15.7. The van der Waals surface area contributed by atoms with Crippen LogP contribution in [0.3, 0.4) is 0 Å². The predicted octanol–water partition coefficient (Wildman–Crippen LogP) is 3.50. The molecule has 21 heavy (non-hydrogen) atoms. The molecule has 1 aromatic carbocycles. The van der Waals surface area contributed by atoms with E-state index in [4.69, 9.17) is 4.74 Å². The molecule has 116 valence electrons. The first-order valence-electron chi connectivity index (χ1n) is 7.65. The van der Waals surface area contributed by atoms with Crippen molar-refractivity contribution in [2.24, 2.45) is 0 Å². The molecule has 0 atom stereocenters. The molecule has 1 aromatic rings. The van der Waals surface area contributed by atoms with E-state index in [1.165, 1.54) is 24.0 Å². The van der Waals surface area contributed by atoms with Crippen LogP contribution in [0.15, 0.2) is 30.5 Å². The highest BCUT2D eigenvalue weighted by Crippen LogP contribution is 2.18. The molecule has 0 spiro atoms. The molecular weight excluding hydrogens is 260 g/mol. The maximum Gasteiger partial charge on any atom is 0.172 e. The molecule has 0 N–H and O–H groups in total. The zero-order valence-electron chi connectivity index (χ0n) is 14.1. The van der Waals surface area contributed by atoms with Crippen LogP contribution in [0.1, 0.15) is 31.7 Å². The van der Waals surface area contributed by atoms with Gasteiger partial charge in [-0.3, -0.25) is 0 Å². The highest BCUT2D eigenvalue weighted by molar-refractivity contribution is 6.07. The van der Waals surface area contributed by atoms with E-state index < -0.39 is 0 Å². The van der Waals surface area contributed by atoms with Gasteiger partial charge in [-0.05, 0) is 24.1 Å². The van der Waals surface area contributed by atoms with Crippen molar-refractivity contribution < 1.29 is 9.31 Å². The molecular formula is C18H29N2O+. The molecule has 3 nitrogen and oxygen atoms in total. The molecule has 0 amide bonds. The first kappa shape index (κ1) is 17.3. The van der Waals surface area contributed by atoms with Crippen LogP contribution in [-0.4, -0.2) is 50.5 Å². The fraction of sp³-hybridized carbons (Fsp3) is 0.500. The molecule has 0 aliphatic heterocycles. The Labute approximate surface area is 129 Å². The Hall–Kier alpha value is -1.77. The minimum atomic E-state index is 0.803. The van der Waals surface area contributed by atoms with Crippen molar-refractivity contribution in [2.45, 2.75) is 26.2 Å². The van der Waals surface area contributed by atoms with Gasteiger partial charge in [0.25, 0.3) is 0 Å². The fourth-order valence-electron chi connectivity index (χ4n) is 2.02. The SMILES string of the molecule is CCCCCOc1ccc(/C(C=[N+](C)C)=C\N(C)C)cc1. The molecule has 0 radical (unpaired) electrons. The normalized spacial score (nSPS) is 11.2. The number of hydrogen-bond acceptors (Lipinski definition) is 2. The summed E-state index contributed by atoms with van der Waals surface area (Å²) >= 11 is 0. The first-order valence-corrected chi connectivity index (χ1v) is 7.65. The largest absolute Gasteiger partial charge is 0.494 e. The average molecular weight is 289 g/mol. The predicted molar refractivity (Wildman–Crippen MR) is 91.3 cm³/mol. The molecule has 0 aliphatic rings. The number of allylic oxidation sites excluding steroid dienone is 1. The van der Waals surface area contributed by atoms with Crippen LogP contribution in [0.5, 0.6) is 5.75 Å². The van der Waals surface area contributed by atoms with E-state index in [0.717, 1.165) is 18.8 Å². The first-order chi connectivity index (χ1) is 10.0. The van der Waals surface area contributed by atoms with Gasteiger partial charge in [0.2, 0.25) is 0 Å². The number of unbranched alkanes of at least 4 members (excludes halogenated alkanes) is 2. The summed E-state index contributed by atoms with van der Waals surface area (Å²) in [4.78, 5) is 2.06. The van der Waals surface area contributed by atoms with Crippen LogP contribution < -0.4 is 4.74 Å². The van der Waals surface area contributed by atoms with E-state index in [1.807, 2.05) is 40.3 Å². The smallest absolute Gasteiger partial charge is 0.172 e. The summed E-state index contributed by atoms with van der Waals surface area (Å²) in [6, 6.07) is 8.33. The van der Waals surface area contributed by atoms with Gasteiger partial charge in [0.05, 0.1) is 12.2 Å². The lowest BCUT2D eigenvalue weighted by molar-refractivity contribution is -0.458. The zero-order valence-corrected chi connectivity index (χ0v) is 14.1. The van der Waals surface area contributed by atoms with Crippen LogP contribution in [0, 0.1) is 0 Å². The van der Waals surface area contributed by atoms with Gasteiger partial charge in [-0.2, -0.15) is 0 Å². The summed E-state index contributed by atoms with van der Waals surface area (Å²) in [7, 11) is 8.15. The van der Waals surface area contributed by atoms with Gasteiger partial charge in [-0.25, -0.2) is 4.58 Å². The lowest BCUT2D eigenvalue weighted by atomic mass is 10.1. The van der Waals surface area contributed by atoms with Gasteiger partial charge in [0.1, 0.15) is 19.8 Å². The van der Waals surface area contributed by atoms with Crippen LogP contribution in [-0.2, 0) is 0 Å². The third-order valence-corrected chi connectivity index (χ3v) is 3.00. The van der Waals surface area contributed by atoms with E-state index in [9.17, 15) is 0 Å². The third-order valence-electron chi connectivity index (χ3n) is 3.00. The molecule has 0 saturated carbocycles. The van der Waals surface area contributed by atoms with Crippen molar-refractivity contribution >= 4 is 11.8 Å². The van der Waals surface area contributed by atoms with Crippen LogP contribution in [0.4, 0.5) is 0 Å². The summed E-state index contributed by atoms with van der Waals surface area (Å²) in [5, 5.41) is 0. The van der Waals surface area contributed by atoms with Gasteiger partial charge in [0.15, 0.2) is 6.21 Å². The van der Waals surface area contributed by atoms with Crippen molar-refractivity contribution in [1.29, 1.82) is 0 Å². The van der Waals surface area contributed by atoms with Crippen molar-refractivity contribution in [1.82, 2.24) is 4.90 Å². The van der Waals surface area contributed by atoms with Crippen LogP contribution in [0.25, 0.3) is 5.57 Å². The van der Waals surface area contributed by atoms with E-state index in [1.54, 1.807) is 0 Å². The number of rotatable bonds is 8. The van der Waals surface area contributed by atoms with Gasteiger partial charge in [-0.15, -0.1) is 0 Å². The fourth-order valence-corrected chi connectivity index (χ4v) is 2.02. The summed E-state index contributed by atoms with van der Waals surface area (Å²) in [6.45, 7) is 3.01. The molecule has 0 aliphatic carbocycles. The summed E-state index contributed by atoms with van der Waals surface area (Å²) < 4.78 is 7.81. The minimum Gasteiger partial charge on any atom is -0.494 e. The van der Waals surface area contributed by atoms with E-state index in [-0.39, 0.29) is 0 Å². The molecule has 0 unspecified atom stereocenters. The van der Waals surface area contributed by atoms with Crippen molar-refractivity contribution in [2.75, 3.05) is 34.8 Å². The Bertz CT molecular complexity index is 468. The Kier molecular flexibility index (Phi) is 7.59. The Morgan fingerprint density at radius 3 is 2.33 bits per heavy atom. The van der Waals surface area contributed by atoms with Gasteiger partial charge in [-0.1, -0.05) is 31.9 Å². The number of ether oxygens (including phenoxy) is 1. The molecule has 0 fully saturated rings. The second-order valence-corrected chi connectivity index (χ2v) is 5.72. The van der Waals surface area contributed by atoms with E-state index in [0.29, 0.717) is 0 Å². The third kappa shape index (κ3) is 6.98. The topological polar surface area (TPSA) is 15.5 Å². The monoisotopic (exact) mass is 289 g/mol. The van der Waals surface area contributed by atoms with Crippen molar-refractivity contribution in [3.05, 3.63) is 36.0 Å². The van der Waals surface area contributed by atoms with Crippen molar-refractivity contribution in [3.8, 4) is 5.75 Å². The van der Waals surface area contributed by atoms with Gasteiger partial charge < -0.3 is 9.64 Å². The van der Waals surface area contributed by atoms with E-state index >= 15 is 0 Å². The number of nitrogens with zero attached hydrogens (tertiary/aromatic N) is 2. The number of benzene rings is 1. The molecule has 0 aromatic heterocycles. The quantitative estimate of drug-likeness (QED) is 0.413. The van der Waals surface area contributed by atoms with Gasteiger partial charge >= 0.3 is 0 Å². The standard InChI is InChI=1S/C18H29N2O/c1-6-7-8-13-21-18-11-9-16(10-12-18)17(14-19(2)3)15-20(4)5/h9-12,14-15H,6-8,13H2,1-5H3/q+1. The lowest BCUT2D eigenvalue weighted by Crippen LogP contribution is -2.07. The Morgan fingerprint density at radius 1 is 1.14 bits per heavy atom. The molecule has 1 rings (SSSR count). The molecule has 0 bridgehead atoms. The Balaban J connectivity index is 2.76. The maximum absolute atomic E-state index is 5.75. The molecule has 0 heterocycles. The second-order valence-electron chi connectivity index (χ2n) is 5.72. The summed E-state index contributed by atoms with van der Waals surface area (Å²) in [6.07, 6.45) is 7.82. The van der Waals surface area contributed by atoms with E-state index in [2.05, 4.69) is 40.9 Å². The number of hydrogen-bond donors (Lipinski definition) is 0. The Morgan fingerprint density at radius 2 is 1.81 bits per heavy atom. The van der Waals surface area contributed by atoms with Crippen LogP contribution >= 0.6 is 0 Å². The van der Waals surface area contributed by atoms with Gasteiger partial charge in [0, 0.05) is 20.3 Å². The minimum absolute atomic E-state index is 0.803. The van der Waals surface area contributed by atoms with Crippen molar-refractivity contribution in [3.63, 3.8) is 0 Å². The summed E-state index contributed by atoms with van der Waals surface area (Å²) in [5.74, 6) is 0.948. The highest BCUT2D eigenvalue weighted by atomic mass is 16.5. The summed E-state index contributed by atoms with van der Waals surface area (Å²) in [5.41, 5.74) is 2.38. The maximum atomic E-state index is 5.75. The molecule has 3 heteroatoms.